The lowest BCUT2D eigenvalue weighted by atomic mass is 9.95. The molecule has 1 aromatic rings. The van der Waals surface area contributed by atoms with Crippen molar-refractivity contribution >= 4 is 5.82 Å². The molecule has 0 radical (unpaired) electrons. The predicted molar refractivity (Wildman–Crippen MR) is 70.2 cm³/mol. The second-order valence-electron chi connectivity index (χ2n) is 5.58. The lowest BCUT2D eigenvalue weighted by Crippen LogP contribution is -2.27. The molecule has 0 amide bonds. The molecular formula is C13H23N3O. The second kappa shape index (κ2) is 5.45. The highest BCUT2D eigenvalue weighted by Gasteiger charge is 2.16. The monoisotopic (exact) mass is 237 g/mol. The van der Waals surface area contributed by atoms with Crippen LogP contribution in [0.15, 0.2) is 6.07 Å². The Hall–Kier alpha value is -1.16. The molecule has 0 atom stereocenters. The van der Waals surface area contributed by atoms with Gasteiger partial charge in [0.15, 0.2) is 0 Å². The van der Waals surface area contributed by atoms with E-state index in [1.54, 1.807) is 0 Å². The lowest BCUT2D eigenvalue weighted by molar-refractivity contribution is 0.170. The van der Waals surface area contributed by atoms with Crippen LogP contribution in [0.2, 0.25) is 0 Å². The van der Waals surface area contributed by atoms with Crippen LogP contribution < -0.4 is 5.32 Å². The molecule has 0 aliphatic heterocycles. The molecular weight excluding hydrogens is 214 g/mol. The summed E-state index contributed by atoms with van der Waals surface area (Å²) < 4.78 is 0. The molecule has 96 valence electrons. The Kier molecular flexibility index (Phi) is 4.46. The first-order chi connectivity index (χ1) is 7.84. The minimum absolute atomic E-state index is 0.142. The number of rotatable bonds is 5. The van der Waals surface area contributed by atoms with Crippen LogP contribution in [0.4, 0.5) is 5.82 Å². The Morgan fingerprint density at radius 3 is 2.53 bits per heavy atom. The van der Waals surface area contributed by atoms with Gasteiger partial charge in [-0.25, -0.2) is 9.97 Å². The van der Waals surface area contributed by atoms with E-state index in [9.17, 15) is 5.11 Å². The van der Waals surface area contributed by atoms with Gasteiger partial charge in [-0.05, 0) is 6.92 Å². The van der Waals surface area contributed by atoms with E-state index >= 15 is 0 Å². The van der Waals surface area contributed by atoms with E-state index in [4.69, 9.17) is 0 Å². The average molecular weight is 237 g/mol. The highest BCUT2D eigenvalue weighted by atomic mass is 16.3. The Morgan fingerprint density at radius 1 is 1.35 bits per heavy atom. The maximum Gasteiger partial charge on any atom is 0.133 e. The van der Waals surface area contributed by atoms with E-state index in [0.29, 0.717) is 12.5 Å². The van der Waals surface area contributed by atoms with Crippen LogP contribution in [0.5, 0.6) is 0 Å². The SMILES string of the molecule is Cc1cc(NCC(C)(C)CO)nc(C(C)C)n1. The third-order valence-electron chi connectivity index (χ3n) is 2.56. The second-order valence-corrected chi connectivity index (χ2v) is 5.58. The molecule has 0 saturated carbocycles. The van der Waals surface area contributed by atoms with E-state index in [0.717, 1.165) is 17.3 Å². The van der Waals surface area contributed by atoms with Gasteiger partial charge in [0.25, 0.3) is 0 Å². The first-order valence-corrected chi connectivity index (χ1v) is 6.04. The first-order valence-electron chi connectivity index (χ1n) is 6.04. The number of aliphatic hydroxyl groups is 1. The van der Waals surface area contributed by atoms with Crippen molar-refractivity contribution in [1.82, 2.24) is 9.97 Å². The molecule has 4 heteroatoms. The Balaban J connectivity index is 2.78. The fourth-order valence-electron chi connectivity index (χ4n) is 1.33. The molecule has 0 saturated heterocycles. The van der Waals surface area contributed by atoms with E-state index in [-0.39, 0.29) is 12.0 Å². The van der Waals surface area contributed by atoms with Gasteiger partial charge in [-0.15, -0.1) is 0 Å². The van der Waals surface area contributed by atoms with E-state index in [1.807, 2.05) is 26.8 Å². The van der Waals surface area contributed by atoms with Crippen molar-refractivity contribution < 1.29 is 5.11 Å². The van der Waals surface area contributed by atoms with Gasteiger partial charge < -0.3 is 10.4 Å². The van der Waals surface area contributed by atoms with Crippen LogP contribution in [0.1, 0.15) is 45.1 Å². The van der Waals surface area contributed by atoms with Crippen molar-refractivity contribution in [2.45, 2.75) is 40.5 Å². The minimum Gasteiger partial charge on any atom is -0.396 e. The molecule has 1 aromatic heterocycles. The normalized spacial score (nSPS) is 11.9. The molecule has 2 N–H and O–H groups in total. The van der Waals surface area contributed by atoms with Crippen molar-refractivity contribution in [2.24, 2.45) is 5.41 Å². The summed E-state index contributed by atoms with van der Waals surface area (Å²) in [4.78, 5) is 8.86. The van der Waals surface area contributed by atoms with Gasteiger partial charge in [0.05, 0.1) is 0 Å². The molecule has 17 heavy (non-hydrogen) atoms. The maximum atomic E-state index is 9.20. The highest BCUT2D eigenvalue weighted by molar-refractivity contribution is 5.36. The van der Waals surface area contributed by atoms with Crippen molar-refractivity contribution in [1.29, 1.82) is 0 Å². The van der Waals surface area contributed by atoms with Crippen molar-refractivity contribution in [3.63, 3.8) is 0 Å². The molecule has 1 heterocycles. The largest absolute Gasteiger partial charge is 0.396 e. The summed E-state index contributed by atoms with van der Waals surface area (Å²) in [5.74, 6) is 2.01. The minimum atomic E-state index is -0.142. The number of anilines is 1. The number of hydrogen-bond acceptors (Lipinski definition) is 4. The summed E-state index contributed by atoms with van der Waals surface area (Å²) in [6.45, 7) is 11.0. The Morgan fingerprint density at radius 2 is 2.00 bits per heavy atom. The zero-order chi connectivity index (χ0) is 13.1. The van der Waals surface area contributed by atoms with Gasteiger partial charge >= 0.3 is 0 Å². The Labute approximate surface area is 103 Å². The van der Waals surface area contributed by atoms with Crippen LogP contribution in [0.3, 0.4) is 0 Å². The molecule has 0 bridgehead atoms. The zero-order valence-electron chi connectivity index (χ0n) is 11.4. The molecule has 0 spiro atoms. The number of aromatic nitrogens is 2. The van der Waals surface area contributed by atoms with Crippen molar-refractivity contribution in [3.05, 3.63) is 17.6 Å². The molecule has 0 unspecified atom stereocenters. The number of aryl methyl sites for hydroxylation is 1. The fourth-order valence-corrected chi connectivity index (χ4v) is 1.33. The molecule has 0 aromatic carbocycles. The van der Waals surface area contributed by atoms with Gasteiger partial charge in [-0.2, -0.15) is 0 Å². The van der Waals surface area contributed by atoms with Gasteiger partial charge in [0, 0.05) is 36.2 Å². The van der Waals surface area contributed by atoms with Crippen LogP contribution in [0, 0.1) is 12.3 Å². The van der Waals surface area contributed by atoms with Crippen LogP contribution in [-0.4, -0.2) is 28.2 Å². The maximum absolute atomic E-state index is 9.20. The van der Waals surface area contributed by atoms with Crippen molar-refractivity contribution in [2.75, 3.05) is 18.5 Å². The number of nitrogens with one attached hydrogen (secondary N) is 1. The topological polar surface area (TPSA) is 58.0 Å². The number of aliphatic hydroxyl groups excluding tert-OH is 1. The fraction of sp³-hybridized carbons (Fsp3) is 0.692. The third kappa shape index (κ3) is 4.30. The highest BCUT2D eigenvalue weighted by Crippen LogP contribution is 2.17. The summed E-state index contributed by atoms with van der Waals surface area (Å²) in [7, 11) is 0. The van der Waals surface area contributed by atoms with Gasteiger partial charge in [-0.3, -0.25) is 0 Å². The predicted octanol–water partition coefficient (Wildman–Crippen LogP) is 2.34. The van der Waals surface area contributed by atoms with E-state index in [1.165, 1.54) is 0 Å². The smallest absolute Gasteiger partial charge is 0.133 e. The molecule has 4 nitrogen and oxygen atoms in total. The molecule has 0 aliphatic rings. The number of nitrogens with zero attached hydrogens (tertiary/aromatic N) is 2. The van der Waals surface area contributed by atoms with E-state index < -0.39 is 0 Å². The molecule has 0 aliphatic carbocycles. The molecule has 0 fully saturated rings. The summed E-state index contributed by atoms with van der Waals surface area (Å²) in [5, 5.41) is 12.5. The standard InChI is InChI=1S/C13H23N3O/c1-9(2)12-15-10(3)6-11(16-12)14-7-13(4,5)8-17/h6,9,17H,7-8H2,1-5H3,(H,14,15,16). The van der Waals surface area contributed by atoms with Crippen molar-refractivity contribution in [3.8, 4) is 0 Å². The van der Waals surface area contributed by atoms with Gasteiger partial charge in [0.2, 0.25) is 0 Å². The first kappa shape index (κ1) is 13.9. The molecule has 1 rings (SSSR count). The van der Waals surface area contributed by atoms with Crippen LogP contribution in [0.25, 0.3) is 0 Å². The lowest BCUT2D eigenvalue weighted by Gasteiger charge is -2.22. The Bertz CT molecular complexity index is 375. The van der Waals surface area contributed by atoms with E-state index in [2.05, 4.69) is 29.1 Å². The third-order valence-corrected chi connectivity index (χ3v) is 2.56. The van der Waals surface area contributed by atoms with Gasteiger partial charge in [-0.1, -0.05) is 27.7 Å². The van der Waals surface area contributed by atoms with Crippen LogP contribution in [-0.2, 0) is 0 Å². The summed E-state index contributed by atoms with van der Waals surface area (Å²) >= 11 is 0. The average Bonchev–Trinajstić information content (AvgIpc) is 2.26. The number of hydrogen-bond donors (Lipinski definition) is 2. The van der Waals surface area contributed by atoms with Crippen LogP contribution >= 0.6 is 0 Å². The zero-order valence-corrected chi connectivity index (χ0v) is 11.4. The quantitative estimate of drug-likeness (QED) is 0.825. The summed E-state index contributed by atoms with van der Waals surface area (Å²) in [5.41, 5.74) is 0.824. The summed E-state index contributed by atoms with van der Waals surface area (Å²) in [6.07, 6.45) is 0. The van der Waals surface area contributed by atoms with Gasteiger partial charge in [0.1, 0.15) is 11.6 Å². The summed E-state index contributed by atoms with van der Waals surface area (Å²) in [6, 6.07) is 1.93.